The predicted molar refractivity (Wildman–Crippen MR) is 361 cm³/mol. The molecule has 3 aliphatic rings. The summed E-state index contributed by atoms with van der Waals surface area (Å²) in [6, 6.07) is 28.7. The normalized spacial score (nSPS) is 13.2. The fourth-order valence-electron chi connectivity index (χ4n) is 9.25. The summed E-state index contributed by atoms with van der Waals surface area (Å²) in [5.74, 6) is -2.74. The van der Waals surface area contributed by atoms with Crippen molar-refractivity contribution in [2.45, 2.75) is 131 Å². The fraction of sp³-hybridized carbons (Fsp3) is 0.394. The van der Waals surface area contributed by atoms with E-state index in [0.717, 1.165) is 18.8 Å². The molecule has 31 heteroatoms. The quantitative estimate of drug-likeness (QED) is 0.0150. The number of ketones is 1. The zero-order valence-electron chi connectivity index (χ0n) is 54.1. The first-order chi connectivity index (χ1) is 44.3. The minimum absolute atomic E-state index is 0. The average Bonchev–Trinajstić information content (AvgIpc) is 1.65. The number of rotatable bonds is 24. The molecule has 97 heavy (non-hydrogen) atoms. The van der Waals surface area contributed by atoms with Crippen LogP contribution in [0.5, 0.6) is 0 Å². The average molecular weight is 1530 g/mol. The number of carboxylic acid groups (broad SMARTS) is 1. The zero-order chi connectivity index (χ0) is 68.5. The Kier molecular flexibility index (Phi) is 42.8. The van der Waals surface area contributed by atoms with Crippen LogP contribution in [0.3, 0.4) is 0 Å². The molecule has 0 radical (unpaired) electrons. The molecule has 3 fully saturated rings. The van der Waals surface area contributed by atoms with Gasteiger partial charge in [-0.25, -0.2) is 13.2 Å². The Labute approximate surface area is 672 Å². The van der Waals surface area contributed by atoms with Gasteiger partial charge in [-0.2, -0.15) is 10.2 Å². The molecular weight excluding hydrogens is 1440 g/mol. The Morgan fingerprint density at radius 1 is 0.680 bits per heavy atom. The van der Waals surface area contributed by atoms with Gasteiger partial charge in [-0.3, -0.25) is 47.7 Å². The van der Waals surface area contributed by atoms with Crippen LogP contribution in [-0.2, 0) is 66.3 Å². The number of para-hydroxylation sites is 2. The number of fused-ring (bicyclic) bond motifs is 2. The molecule has 10 N–H and O–H groups in total. The number of carboxylic acids is 1. The van der Waals surface area contributed by atoms with E-state index in [-0.39, 0.29) is 220 Å². The summed E-state index contributed by atoms with van der Waals surface area (Å²) in [5, 5.41) is 35.4. The van der Waals surface area contributed by atoms with Gasteiger partial charge in [0.05, 0.1) is 44.5 Å². The van der Waals surface area contributed by atoms with Crippen LogP contribution in [0.15, 0.2) is 103 Å². The number of carbonyl (C=O) groups is 8. The largest absolute Gasteiger partial charge is 1.00 e. The topological polar surface area (TPSA) is 342 Å². The van der Waals surface area contributed by atoms with Crippen LogP contribution in [-0.4, -0.2) is 114 Å². The number of carbonyl (C=O) groups excluding carboxylic acids is 7. The van der Waals surface area contributed by atoms with Gasteiger partial charge < -0.3 is 54.7 Å². The summed E-state index contributed by atoms with van der Waals surface area (Å²) in [7, 11) is 0. The van der Waals surface area contributed by atoms with Gasteiger partial charge in [0.25, 0.3) is 18.3 Å². The minimum Gasteiger partial charge on any atom is -1.00 e. The Hall–Kier alpha value is -4.71. The van der Waals surface area contributed by atoms with Gasteiger partial charge in [0.1, 0.15) is 36.3 Å². The molecule has 7 aromatic rings. The second-order valence-corrected chi connectivity index (χ2v) is 23.8. The van der Waals surface area contributed by atoms with Crippen molar-refractivity contribution in [2.24, 2.45) is 35.0 Å². The van der Waals surface area contributed by atoms with Gasteiger partial charge in [-0.15, -0.1) is 0 Å². The van der Waals surface area contributed by atoms with E-state index < -0.39 is 41.1 Å². The Balaban J connectivity index is 0.00000126. The number of alkyl halides is 1. The molecule has 10 rings (SSSR count). The monoisotopic (exact) mass is 1520 g/mol. The molecule has 0 spiro atoms. The number of hydrogen-bond donors (Lipinski definition) is 7. The van der Waals surface area contributed by atoms with E-state index in [1.165, 1.54) is 64.2 Å². The third kappa shape index (κ3) is 30.2. The number of nitrogens with zero attached hydrogens (tertiary/aromatic N) is 5. The van der Waals surface area contributed by atoms with Gasteiger partial charge in [-0.05, 0) is 119 Å². The van der Waals surface area contributed by atoms with E-state index in [2.05, 4.69) is 60.8 Å². The molecule has 3 unspecified atom stereocenters. The molecule has 3 aliphatic carbocycles. The van der Waals surface area contributed by atoms with Crippen molar-refractivity contribution in [2.75, 3.05) is 18.4 Å². The third-order valence-corrected chi connectivity index (χ3v) is 16.5. The molecule has 5 amide bonds. The van der Waals surface area contributed by atoms with E-state index in [0.29, 0.717) is 75.0 Å². The summed E-state index contributed by atoms with van der Waals surface area (Å²) in [5.41, 5.74) is 18.6. The van der Waals surface area contributed by atoms with E-state index in [1.807, 2.05) is 6.92 Å². The molecule has 2 aromatic heterocycles. The maximum Gasteiger partial charge on any atom is 1.00 e. The number of nitrogens with one attached hydrogen (secondary N) is 3. The van der Waals surface area contributed by atoms with Crippen molar-refractivity contribution in [1.82, 2.24) is 40.4 Å². The summed E-state index contributed by atoms with van der Waals surface area (Å²) >= 11 is 20.1. The van der Waals surface area contributed by atoms with E-state index >= 15 is 0 Å². The first-order valence-electron chi connectivity index (χ1n) is 29.4. The number of aromatic nitrogens is 4. The fourth-order valence-corrected chi connectivity index (χ4v) is 10.1. The first kappa shape index (κ1) is 90.3. The molecule has 2 heterocycles. The number of aliphatic carboxylic acids is 1. The van der Waals surface area contributed by atoms with Crippen LogP contribution in [0.2, 0.25) is 15.1 Å². The molecule has 22 nitrogen and oxygen atoms in total. The van der Waals surface area contributed by atoms with Gasteiger partial charge >= 0.3 is 109 Å². The number of amides is 5. The second-order valence-electron chi connectivity index (χ2n) is 22.0. The Morgan fingerprint density at radius 3 is 1.48 bits per heavy atom. The van der Waals surface area contributed by atoms with Crippen molar-refractivity contribution < 1.29 is 171 Å². The molecular formula is C66H82BrCl3F3K2N11O11. The molecule has 0 saturated heterocycles. The van der Waals surface area contributed by atoms with Crippen LogP contribution in [0.4, 0.5) is 13.2 Å². The molecule has 0 aliphatic heterocycles. The van der Waals surface area contributed by atoms with Crippen LogP contribution in [0, 0.1) is 35.2 Å². The second kappa shape index (κ2) is 45.9. The van der Waals surface area contributed by atoms with Gasteiger partial charge in [0.15, 0.2) is 11.4 Å². The van der Waals surface area contributed by atoms with Crippen LogP contribution in [0.1, 0.15) is 120 Å². The SMILES string of the molecule is C.C.CC(C1CC1)N(CC(=O)NCc1cccc(Cl)c1F)C(=O)Cn1nc(C(N)=O)c2ccccc21.CC(N)C1CC1.CC(NCC(=O)NCc1cccc(Cl)c1F)C1CC1.NC(=O)c1nn(CC(=O)O)c2ccccc12.O=C(CBr)CCc1cccc(Cl)c1F.O=CO[O-].[H-].[K+].[K+]. The van der Waals surface area contributed by atoms with Crippen molar-refractivity contribution >= 4 is 120 Å². The molecule has 3 saturated carbocycles. The Bertz CT molecular complexity index is 3740. The summed E-state index contributed by atoms with van der Waals surface area (Å²) < 4.78 is 43.7. The number of Topliss-reactive ketones (excluding diaryl/α,β-unsaturated/α-hetero) is 1. The van der Waals surface area contributed by atoms with Crippen molar-refractivity contribution in [3.8, 4) is 0 Å². The Morgan fingerprint density at radius 2 is 1.09 bits per heavy atom. The van der Waals surface area contributed by atoms with E-state index in [9.17, 15) is 46.7 Å². The maximum absolute atomic E-state index is 14.1. The molecule has 0 bridgehead atoms. The summed E-state index contributed by atoms with van der Waals surface area (Å²) in [6.07, 6.45) is 7.93. The number of nitrogens with two attached hydrogens (primary N) is 3. The predicted octanol–water partition coefficient (Wildman–Crippen LogP) is 3.52. The maximum atomic E-state index is 14.1. The van der Waals surface area contributed by atoms with Crippen molar-refractivity contribution in [3.63, 3.8) is 0 Å². The van der Waals surface area contributed by atoms with Crippen LogP contribution in [0.25, 0.3) is 21.8 Å². The smallest absolute Gasteiger partial charge is 1.00 e. The summed E-state index contributed by atoms with van der Waals surface area (Å²) in [6.45, 7) is 5.64. The molecule has 3 atom stereocenters. The molecule has 5 aromatic carbocycles. The van der Waals surface area contributed by atoms with Crippen molar-refractivity contribution in [3.05, 3.63) is 164 Å². The first-order valence-corrected chi connectivity index (χ1v) is 31.7. The van der Waals surface area contributed by atoms with E-state index in [1.54, 1.807) is 78.9 Å². The zero-order valence-corrected chi connectivity index (χ0v) is 63.2. The standard InChI is InChI=1S/C24H25ClFN5O3.C14H18ClFN2O.C10H9BrClFO.C10H9N3O3.C5H11N.CH2O3.2CH4.2K.H/c1-14(15-9-10-15)30(12-20(32)28-11-16-5-4-7-18(25)22(16)26)21(33)13-31-19-8-3-2-6-17(19)23(29-31)24(27)34;1-9(10-5-6-10)17-8-13(19)18-7-11-3-2-4-12(15)14(11)16;11-6-8(14)5-4-7-2-1-3-9(12)10(7)13;11-10(16)9-6-3-1-2-4-7(6)13(12-9)5-8(14)15;1-4(6)5-2-3-5;2-1-4-3;;;;;/h2-8,14-15H,9-13H2,1H3,(H2,27,34)(H,28,32);2-4,9-10,17H,5-8H2,1H3,(H,18,19);1-3H,4-6H2;1-4H,5H2,(H2,11,16)(H,14,15);4-5H,2-3,6H2,1H3;1,3H;2*1H4;;;/q;;;;;;;;2*+1;-1/p-1. The number of aryl methyl sites for hydroxylation is 1. The number of hydrogen-bond acceptors (Lipinski definition) is 14. The third-order valence-electron chi connectivity index (χ3n) is 15.0. The van der Waals surface area contributed by atoms with Gasteiger partial charge in [0, 0.05) is 59.5 Å². The number of primary amides is 2. The van der Waals surface area contributed by atoms with Crippen LogP contribution < -0.4 is 141 Å². The van der Waals surface area contributed by atoms with Crippen LogP contribution >= 0.6 is 50.7 Å². The van der Waals surface area contributed by atoms with Crippen molar-refractivity contribution in [1.29, 1.82) is 0 Å². The number of halogens is 7. The number of benzene rings is 5. The molecule has 518 valence electrons. The van der Waals surface area contributed by atoms with Gasteiger partial charge in [0.2, 0.25) is 17.7 Å². The van der Waals surface area contributed by atoms with Gasteiger partial charge in [-0.1, -0.05) is 138 Å². The van der Waals surface area contributed by atoms with E-state index in [4.69, 9.17) is 67.2 Å². The summed E-state index contributed by atoms with van der Waals surface area (Å²) in [4.78, 5) is 94.9. The minimum atomic E-state index is -1.02.